The molecule has 138 valence electrons. The topological polar surface area (TPSA) is 189 Å². The minimum atomic E-state index is 0.0614. The van der Waals surface area contributed by atoms with Crippen LogP contribution < -0.4 is 32.1 Å². The van der Waals surface area contributed by atoms with Crippen molar-refractivity contribution in [1.82, 2.24) is 29.9 Å². The standard InChI is InChI=1S/C16H16N12/c17-11-21-12(18)24-15(23-11)27-5-1-9(2-6-27)10-3-7-28(8-4-10)16-25-13(19)22-14(20)26-16/h1-8H,(H4,17,18,21,23,24)(H4,19,20,22,25,26)/q+2. The van der Waals surface area contributed by atoms with Gasteiger partial charge in [0.2, 0.25) is 0 Å². The van der Waals surface area contributed by atoms with Crippen molar-refractivity contribution in [3.63, 3.8) is 0 Å². The number of rotatable bonds is 3. The Hall–Kier alpha value is -4.48. The van der Waals surface area contributed by atoms with Crippen LogP contribution in [0.4, 0.5) is 23.8 Å². The molecular formula is C16H16N12+2. The molecule has 12 heteroatoms. The van der Waals surface area contributed by atoms with Gasteiger partial charge in [-0.3, -0.25) is 0 Å². The van der Waals surface area contributed by atoms with Gasteiger partial charge in [0.1, 0.15) is 0 Å². The number of hydrogen-bond acceptors (Lipinski definition) is 10. The van der Waals surface area contributed by atoms with Crippen LogP contribution >= 0.6 is 0 Å². The first-order valence-corrected chi connectivity index (χ1v) is 8.06. The second-order valence-corrected chi connectivity index (χ2v) is 5.69. The van der Waals surface area contributed by atoms with E-state index in [0.717, 1.165) is 11.1 Å². The highest BCUT2D eigenvalue weighted by Crippen LogP contribution is 2.16. The van der Waals surface area contributed by atoms with Gasteiger partial charge in [-0.2, -0.15) is 0 Å². The van der Waals surface area contributed by atoms with Gasteiger partial charge in [0, 0.05) is 0 Å². The van der Waals surface area contributed by atoms with Crippen LogP contribution in [0.3, 0.4) is 0 Å². The van der Waals surface area contributed by atoms with E-state index in [9.17, 15) is 0 Å². The molecule has 0 saturated heterocycles. The van der Waals surface area contributed by atoms with Gasteiger partial charge in [-0.05, 0) is 55.3 Å². The molecule has 28 heavy (non-hydrogen) atoms. The molecule has 0 aromatic carbocycles. The zero-order valence-electron chi connectivity index (χ0n) is 14.5. The third-order valence-electron chi connectivity index (χ3n) is 3.77. The normalized spacial score (nSPS) is 10.7. The Balaban J connectivity index is 1.61. The Bertz CT molecular complexity index is 1010. The molecule has 4 aromatic rings. The van der Waals surface area contributed by atoms with Crippen LogP contribution in [0.5, 0.6) is 0 Å². The third-order valence-corrected chi connectivity index (χ3v) is 3.77. The molecule has 4 heterocycles. The van der Waals surface area contributed by atoms with E-state index in [1.165, 1.54) is 0 Å². The highest BCUT2D eigenvalue weighted by molar-refractivity contribution is 5.61. The number of nitrogen functional groups attached to an aromatic ring is 4. The van der Waals surface area contributed by atoms with Crippen molar-refractivity contribution in [3.8, 4) is 23.0 Å². The average molecular weight is 376 g/mol. The first-order chi connectivity index (χ1) is 13.5. The highest BCUT2D eigenvalue weighted by Gasteiger charge is 2.16. The molecule has 0 aliphatic heterocycles. The summed E-state index contributed by atoms with van der Waals surface area (Å²) in [5.41, 5.74) is 24.4. The van der Waals surface area contributed by atoms with E-state index in [1.807, 2.05) is 24.3 Å². The second kappa shape index (κ2) is 6.68. The molecule has 0 aliphatic rings. The van der Waals surface area contributed by atoms with E-state index >= 15 is 0 Å². The van der Waals surface area contributed by atoms with Gasteiger partial charge in [0.25, 0.3) is 0 Å². The Morgan fingerprint density at radius 3 is 1.04 bits per heavy atom. The van der Waals surface area contributed by atoms with E-state index in [1.54, 1.807) is 33.9 Å². The Morgan fingerprint density at radius 2 is 0.750 bits per heavy atom. The lowest BCUT2D eigenvalue weighted by atomic mass is 10.1. The van der Waals surface area contributed by atoms with Crippen molar-refractivity contribution < 1.29 is 9.13 Å². The smallest absolute Gasteiger partial charge is 0.353 e. The summed E-state index contributed by atoms with van der Waals surface area (Å²) in [6, 6.07) is 7.65. The monoisotopic (exact) mass is 376 g/mol. The molecule has 0 radical (unpaired) electrons. The first-order valence-electron chi connectivity index (χ1n) is 8.06. The van der Waals surface area contributed by atoms with Crippen molar-refractivity contribution in [2.75, 3.05) is 22.9 Å². The largest absolute Gasteiger partial charge is 0.444 e. The lowest BCUT2D eigenvalue weighted by Gasteiger charge is -2.03. The summed E-state index contributed by atoms with van der Waals surface area (Å²) in [5.74, 6) is 0.926. The quantitative estimate of drug-likeness (QED) is 0.309. The van der Waals surface area contributed by atoms with Crippen LogP contribution in [-0.2, 0) is 0 Å². The first kappa shape index (κ1) is 17.0. The molecule has 4 aromatic heterocycles. The van der Waals surface area contributed by atoms with Crippen molar-refractivity contribution >= 4 is 23.8 Å². The van der Waals surface area contributed by atoms with Gasteiger partial charge in [-0.1, -0.05) is 0 Å². The Kier molecular flexibility index (Phi) is 4.04. The van der Waals surface area contributed by atoms with Crippen LogP contribution in [0.1, 0.15) is 0 Å². The van der Waals surface area contributed by atoms with Crippen LogP contribution in [0, 0.1) is 0 Å². The van der Waals surface area contributed by atoms with Crippen LogP contribution in [0.25, 0.3) is 23.0 Å². The molecule has 0 unspecified atom stereocenters. The van der Waals surface area contributed by atoms with Crippen LogP contribution in [0.15, 0.2) is 49.1 Å². The number of aromatic nitrogens is 8. The molecule has 4 rings (SSSR count). The molecular weight excluding hydrogens is 360 g/mol. The molecule has 0 atom stereocenters. The number of anilines is 4. The number of hydrogen-bond donors (Lipinski definition) is 4. The predicted molar refractivity (Wildman–Crippen MR) is 99.4 cm³/mol. The van der Waals surface area contributed by atoms with Gasteiger partial charge < -0.3 is 22.9 Å². The van der Waals surface area contributed by atoms with Crippen molar-refractivity contribution in [2.45, 2.75) is 0 Å². The fourth-order valence-corrected chi connectivity index (χ4v) is 2.53. The fourth-order valence-electron chi connectivity index (χ4n) is 2.53. The lowest BCUT2D eigenvalue weighted by molar-refractivity contribution is -0.604. The maximum absolute atomic E-state index is 5.61. The van der Waals surface area contributed by atoms with Gasteiger partial charge >= 0.3 is 35.7 Å². The zero-order valence-corrected chi connectivity index (χ0v) is 14.5. The highest BCUT2D eigenvalue weighted by atomic mass is 15.2. The van der Waals surface area contributed by atoms with Gasteiger partial charge in [-0.25, -0.2) is 9.13 Å². The molecule has 0 saturated carbocycles. The molecule has 12 nitrogen and oxygen atoms in total. The summed E-state index contributed by atoms with van der Waals surface area (Å²) in [6.07, 6.45) is 7.21. The van der Waals surface area contributed by atoms with Crippen molar-refractivity contribution in [1.29, 1.82) is 0 Å². The molecule has 8 N–H and O–H groups in total. The van der Waals surface area contributed by atoms with E-state index in [0.29, 0.717) is 11.9 Å². The van der Waals surface area contributed by atoms with E-state index in [2.05, 4.69) is 29.9 Å². The van der Waals surface area contributed by atoms with Crippen molar-refractivity contribution in [2.24, 2.45) is 0 Å². The lowest BCUT2D eigenvalue weighted by Crippen LogP contribution is -2.33. The zero-order chi connectivity index (χ0) is 19.7. The minimum Gasteiger partial charge on any atom is -0.353 e. The van der Waals surface area contributed by atoms with Gasteiger partial charge in [-0.15, -0.1) is 9.97 Å². The maximum Gasteiger partial charge on any atom is 0.444 e. The van der Waals surface area contributed by atoms with E-state index in [-0.39, 0.29) is 23.8 Å². The molecule has 0 fully saturated rings. The summed E-state index contributed by atoms with van der Waals surface area (Å²) < 4.78 is 3.38. The number of nitrogens with zero attached hydrogens (tertiary/aromatic N) is 8. The Morgan fingerprint density at radius 1 is 0.464 bits per heavy atom. The van der Waals surface area contributed by atoms with E-state index in [4.69, 9.17) is 22.9 Å². The molecule has 0 spiro atoms. The van der Waals surface area contributed by atoms with Gasteiger partial charge in [0.15, 0.2) is 0 Å². The average Bonchev–Trinajstić information content (AvgIpc) is 2.67. The SMILES string of the molecule is Nc1nc(N)nc(-[n+]2ccc(-c3cc[n+](-c4nc(N)nc(N)n4)cc3)cc2)n1. The van der Waals surface area contributed by atoms with Crippen molar-refractivity contribution in [3.05, 3.63) is 49.1 Å². The Labute approximate surface area is 158 Å². The molecule has 0 bridgehead atoms. The maximum atomic E-state index is 5.61. The molecule has 0 amide bonds. The summed E-state index contributed by atoms with van der Waals surface area (Å²) in [4.78, 5) is 23.8. The minimum absolute atomic E-state index is 0.0614. The fraction of sp³-hybridized carbons (Fsp3) is 0. The summed E-state index contributed by atoms with van der Waals surface area (Å²) in [7, 11) is 0. The van der Waals surface area contributed by atoms with E-state index < -0.39 is 0 Å². The number of nitrogens with two attached hydrogens (primary N) is 4. The van der Waals surface area contributed by atoms with Crippen LogP contribution in [0.2, 0.25) is 0 Å². The third kappa shape index (κ3) is 3.41. The second-order valence-electron chi connectivity index (χ2n) is 5.69. The van der Waals surface area contributed by atoms with Crippen LogP contribution in [-0.4, -0.2) is 29.9 Å². The molecule has 0 aliphatic carbocycles. The number of pyridine rings is 2. The summed E-state index contributed by atoms with van der Waals surface area (Å²) in [5, 5.41) is 0. The predicted octanol–water partition coefficient (Wildman–Crippen LogP) is -1.39. The van der Waals surface area contributed by atoms with Gasteiger partial charge in [0.05, 0.1) is 24.8 Å². The summed E-state index contributed by atoms with van der Waals surface area (Å²) >= 11 is 0. The summed E-state index contributed by atoms with van der Waals surface area (Å²) in [6.45, 7) is 0.